The van der Waals surface area contributed by atoms with Crippen LogP contribution in [0.3, 0.4) is 0 Å². The molecule has 1 unspecified atom stereocenters. The van der Waals surface area contributed by atoms with Crippen LogP contribution in [0.1, 0.15) is 34.7 Å². The average Bonchev–Trinajstić information content (AvgIpc) is 2.45. The summed E-state index contributed by atoms with van der Waals surface area (Å²) in [7, 11) is 0. The summed E-state index contributed by atoms with van der Waals surface area (Å²) in [6.07, 6.45) is 2.18. The fraction of sp³-hybridized carbons (Fsp3) is 0.400. The Balaban J connectivity index is 2.13. The minimum Gasteiger partial charge on any atom is -0.314 e. The zero-order valence-electron chi connectivity index (χ0n) is 13.7. The molecular formula is C20H27N. The van der Waals surface area contributed by atoms with Crippen LogP contribution in [0.25, 0.3) is 0 Å². The normalized spacial score (nSPS) is 12.4. The van der Waals surface area contributed by atoms with Crippen LogP contribution in [0.15, 0.2) is 42.5 Å². The third-order valence-corrected chi connectivity index (χ3v) is 4.19. The highest BCUT2D eigenvalue weighted by molar-refractivity contribution is 5.34. The van der Waals surface area contributed by atoms with Gasteiger partial charge in [0.2, 0.25) is 0 Å². The van der Waals surface area contributed by atoms with Crippen molar-refractivity contribution in [1.82, 2.24) is 5.32 Å². The van der Waals surface area contributed by atoms with Gasteiger partial charge in [0.25, 0.3) is 0 Å². The molecule has 0 heterocycles. The van der Waals surface area contributed by atoms with Crippen molar-refractivity contribution in [3.63, 3.8) is 0 Å². The maximum absolute atomic E-state index is 3.65. The topological polar surface area (TPSA) is 12.0 Å². The fourth-order valence-electron chi connectivity index (χ4n) is 2.93. The molecule has 2 rings (SSSR count). The van der Waals surface area contributed by atoms with E-state index in [0.29, 0.717) is 6.04 Å². The van der Waals surface area contributed by atoms with Gasteiger partial charge < -0.3 is 5.32 Å². The molecule has 0 saturated carbocycles. The predicted octanol–water partition coefficient (Wildman–Crippen LogP) is 4.38. The molecule has 0 aliphatic rings. The molecule has 0 aliphatic carbocycles. The maximum atomic E-state index is 3.65. The third-order valence-electron chi connectivity index (χ3n) is 4.19. The number of rotatable bonds is 6. The summed E-state index contributed by atoms with van der Waals surface area (Å²) >= 11 is 0. The average molecular weight is 281 g/mol. The first-order valence-electron chi connectivity index (χ1n) is 7.94. The van der Waals surface area contributed by atoms with Gasteiger partial charge in [0, 0.05) is 6.04 Å². The summed E-state index contributed by atoms with van der Waals surface area (Å²) in [5.74, 6) is 0. The SMILES string of the molecule is CCNC(Cc1ccc(C)cc1)Cc1c(C)cccc1C. The molecule has 0 spiro atoms. The van der Waals surface area contributed by atoms with Crippen molar-refractivity contribution < 1.29 is 0 Å². The Morgan fingerprint density at radius 3 is 2.05 bits per heavy atom. The predicted molar refractivity (Wildman–Crippen MR) is 92.0 cm³/mol. The van der Waals surface area contributed by atoms with Gasteiger partial charge in [-0.15, -0.1) is 0 Å². The standard InChI is InChI=1S/C20H27N/c1-5-21-19(13-18-11-9-15(2)10-12-18)14-20-16(3)7-6-8-17(20)4/h6-12,19,21H,5,13-14H2,1-4H3. The molecule has 0 aromatic heterocycles. The van der Waals surface area contributed by atoms with E-state index < -0.39 is 0 Å². The molecule has 0 radical (unpaired) electrons. The molecule has 1 nitrogen and oxygen atoms in total. The molecule has 0 aliphatic heterocycles. The van der Waals surface area contributed by atoms with E-state index in [4.69, 9.17) is 0 Å². The van der Waals surface area contributed by atoms with Crippen LogP contribution in [-0.4, -0.2) is 12.6 Å². The highest BCUT2D eigenvalue weighted by Gasteiger charge is 2.12. The van der Waals surface area contributed by atoms with Crippen molar-refractivity contribution >= 4 is 0 Å². The maximum Gasteiger partial charge on any atom is 0.0148 e. The van der Waals surface area contributed by atoms with Gasteiger partial charge >= 0.3 is 0 Å². The van der Waals surface area contributed by atoms with Gasteiger partial charge in [0.05, 0.1) is 0 Å². The van der Waals surface area contributed by atoms with Crippen molar-refractivity contribution in [2.24, 2.45) is 0 Å². The zero-order chi connectivity index (χ0) is 15.2. The van der Waals surface area contributed by atoms with Gasteiger partial charge in [-0.05, 0) is 62.4 Å². The second-order valence-electron chi connectivity index (χ2n) is 6.02. The molecule has 1 N–H and O–H groups in total. The summed E-state index contributed by atoms with van der Waals surface area (Å²) in [4.78, 5) is 0. The minimum absolute atomic E-state index is 0.498. The van der Waals surface area contributed by atoms with E-state index in [2.05, 4.69) is 75.5 Å². The van der Waals surface area contributed by atoms with Gasteiger partial charge in [-0.2, -0.15) is 0 Å². The largest absolute Gasteiger partial charge is 0.314 e. The van der Waals surface area contributed by atoms with Gasteiger partial charge in [0.1, 0.15) is 0 Å². The molecule has 21 heavy (non-hydrogen) atoms. The van der Waals surface area contributed by atoms with Crippen molar-refractivity contribution in [2.45, 2.75) is 46.6 Å². The smallest absolute Gasteiger partial charge is 0.0148 e. The quantitative estimate of drug-likeness (QED) is 0.829. The first-order valence-corrected chi connectivity index (χ1v) is 7.94. The molecule has 0 bridgehead atoms. The molecule has 0 fully saturated rings. The summed E-state index contributed by atoms with van der Waals surface area (Å²) in [5.41, 5.74) is 7.05. The summed E-state index contributed by atoms with van der Waals surface area (Å²) in [6, 6.07) is 16.0. The lowest BCUT2D eigenvalue weighted by Gasteiger charge is -2.20. The summed E-state index contributed by atoms with van der Waals surface area (Å²) in [6.45, 7) is 9.78. The van der Waals surface area contributed by atoms with Crippen LogP contribution in [0, 0.1) is 20.8 Å². The Morgan fingerprint density at radius 2 is 1.48 bits per heavy atom. The molecule has 1 atom stereocenters. The summed E-state index contributed by atoms with van der Waals surface area (Å²) in [5, 5.41) is 3.65. The zero-order valence-corrected chi connectivity index (χ0v) is 13.7. The molecular weight excluding hydrogens is 254 g/mol. The van der Waals surface area contributed by atoms with Crippen LogP contribution in [0.2, 0.25) is 0 Å². The van der Waals surface area contributed by atoms with Gasteiger partial charge in [-0.25, -0.2) is 0 Å². The molecule has 2 aromatic carbocycles. The van der Waals surface area contributed by atoms with Crippen LogP contribution in [-0.2, 0) is 12.8 Å². The monoisotopic (exact) mass is 281 g/mol. The molecule has 2 aromatic rings. The highest BCUT2D eigenvalue weighted by atomic mass is 14.9. The van der Waals surface area contributed by atoms with Crippen molar-refractivity contribution in [1.29, 1.82) is 0 Å². The highest BCUT2D eigenvalue weighted by Crippen LogP contribution is 2.17. The fourth-order valence-corrected chi connectivity index (χ4v) is 2.93. The van der Waals surface area contributed by atoms with Crippen molar-refractivity contribution in [3.05, 3.63) is 70.3 Å². The summed E-state index contributed by atoms with van der Waals surface area (Å²) < 4.78 is 0. The molecule has 0 saturated heterocycles. The van der Waals surface area contributed by atoms with Crippen LogP contribution < -0.4 is 5.32 Å². The van der Waals surface area contributed by atoms with Crippen LogP contribution >= 0.6 is 0 Å². The Labute approximate surface area is 129 Å². The lowest BCUT2D eigenvalue weighted by atomic mass is 9.93. The van der Waals surface area contributed by atoms with E-state index >= 15 is 0 Å². The number of benzene rings is 2. The molecule has 1 heteroatoms. The van der Waals surface area contributed by atoms with E-state index in [1.54, 1.807) is 0 Å². The number of hydrogen-bond donors (Lipinski definition) is 1. The lowest BCUT2D eigenvalue weighted by molar-refractivity contribution is 0.519. The first kappa shape index (κ1) is 15.8. The van der Waals surface area contributed by atoms with Crippen LogP contribution in [0.5, 0.6) is 0 Å². The van der Waals surface area contributed by atoms with E-state index in [0.717, 1.165) is 19.4 Å². The Morgan fingerprint density at radius 1 is 0.857 bits per heavy atom. The second kappa shape index (κ2) is 7.42. The first-order chi connectivity index (χ1) is 10.1. The number of nitrogens with one attached hydrogen (secondary N) is 1. The van der Waals surface area contributed by atoms with Crippen molar-refractivity contribution in [2.75, 3.05) is 6.54 Å². The van der Waals surface area contributed by atoms with E-state index in [1.165, 1.54) is 27.8 Å². The van der Waals surface area contributed by atoms with Crippen molar-refractivity contribution in [3.8, 4) is 0 Å². The number of aryl methyl sites for hydroxylation is 3. The van der Waals surface area contributed by atoms with E-state index in [1.807, 2.05) is 0 Å². The van der Waals surface area contributed by atoms with Gasteiger partial charge in [-0.1, -0.05) is 55.0 Å². The lowest BCUT2D eigenvalue weighted by Crippen LogP contribution is -2.33. The third kappa shape index (κ3) is 4.44. The van der Waals surface area contributed by atoms with Crippen LogP contribution in [0.4, 0.5) is 0 Å². The second-order valence-corrected chi connectivity index (χ2v) is 6.02. The minimum atomic E-state index is 0.498. The molecule has 0 amide bonds. The Bertz CT molecular complexity index is 549. The van der Waals surface area contributed by atoms with Gasteiger partial charge in [-0.3, -0.25) is 0 Å². The van der Waals surface area contributed by atoms with Gasteiger partial charge in [0.15, 0.2) is 0 Å². The Hall–Kier alpha value is -1.60. The number of likely N-dealkylation sites (N-methyl/N-ethyl adjacent to an activating group) is 1. The van der Waals surface area contributed by atoms with E-state index in [-0.39, 0.29) is 0 Å². The van der Waals surface area contributed by atoms with E-state index in [9.17, 15) is 0 Å². The number of hydrogen-bond acceptors (Lipinski definition) is 1. The molecule has 112 valence electrons. The Kier molecular flexibility index (Phi) is 5.58.